The van der Waals surface area contributed by atoms with Gasteiger partial charge in [0.05, 0.1) is 49.5 Å². The van der Waals surface area contributed by atoms with Gasteiger partial charge in [0.25, 0.3) is 0 Å². The molecule has 0 amide bonds. The minimum atomic E-state index is -1.00. The lowest BCUT2D eigenvalue weighted by atomic mass is 9.87. The van der Waals surface area contributed by atoms with Gasteiger partial charge in [0.1, 0.15) is 11.9 Å². The normalized spacial score (nSPS) is 18.3. The number of pyridine rings is 1. The van der Waals surface area contributed by atoms with Crippen molar-refractivity contribution in [2.24, 2.45) is 0 Å². The molecule has 0 radical (unpaired) electrons. The van der Waals surface area contributed by atoms with Gasteiger partial charge < -0.3 is 19.9 Å². The molecule has 5 rings (SSSR count). The number of hydrogen-bond acceptors (Lipinski definition) is 8. The number of aliphatic hydroxyl groups excluding tert-OH is 1. The Labute approximate surface area is 208 Å². The topological polar surface area (TPSA) is 97.0 Å². The summed E-state index contributed by atoms with van der Waals surface area (Å²) in [6, 6.07) is 13.3. The highest BCUT2D eigenvalue weighted by molar-refractivity contribution is 5.71. The fourth-order valence-corrected chi connectivity index (χ4v) is 4.76. The first kappa shape index (κ1) is 24.0. The Morgan fingerprint density at radius 2 is 2.03 bits per heavy atom. The highest BCUT2D eigenvalue weighted by Gasteiger charge is 2.30. The van der Waals surface area contributed by atoms with Crippen molar-refractivity contribution < 1.29 is 19.0 Å². The molecule has 9 nitrogen and oxygen atoms in total. The molecule has 0 bridgehead atoms. The van der Waals surface area contributed by atoms with E-state index in [1.807, 2.05) is 47.4 Å². The number of β-amino-alcohol motifs (C(OH)–C–C–N with tert-alkyl or cyclic N) is 1. The summed E-state index contributed by atoms with van der Waals surface area (Å²) in [5.41, 5.74) is 4.04. The number of hydrogen-bond donors (Lipinski definition) is 2. The Morgan fingerprint density at radius 3 is 2.81 bits per heavy atom. The standard InChI is InChI=1S/C26H29FN6O3/c1-35-24-14-17(19-9-11-32(12-13-34)16-21(19)27)5-7-22(24)30-26-29-15-18-6-8-23(33(18)31-26)20-4-3-10-28-25(20)36-2/h3-8,10,14-15,19,21,34H,9,11-13,16H2,1-2H3,(H,30,31). The quantitative estimate of drug-likeness (QED) is 0.385. The molecular formula is C26H29FN6O3. The lowest BCUT2D eigenvalue weighted by Crippen LogP contribution is -2.42. The van der Waals surface area contributed by atoms with E-state index < -0.39 is 6.17 Å². The first-order valence-corrected chi connectivity index (χ1v) is 11.9. The second-order valence-corrected chi connectivity index (χ2v) is 8.72. The van der Waals surface area contributed by atoms with Gasteiger partial charge in [-0.3, -0.25) is 4.90 Å². The first-order chi connectivity index (χ1) is 17.6. The Bertz CT molecular complexity index is 1350. The number of ether oxygens (including phenoxy) is 2. The summed E-state index contributed by atoms with van der Waals surface area (Å²) in [6.45, 7) is 1.62. The van der Waals surface area contributed by atoms with Gasteiger partial charge in [-0.05, 0) is 54.9 Å². The number of aliphatic hydroxyl groups is 1. The van der Waals surface area contributed by atoms with Crippen LogP contribution >= 0.6 is 0 Å². The number of anilines is 2. The summed E-state index contributed by atoms with van der Waals surface area (Å²) in [4.78, 5) is 10.7. The summed E-state index contributed by atoms with van der Waals surface area (Å²) in [6.07, 6.45) is 3.09. The molecule has 4 aromatic rings. The van der Waals surface area contributed by atoms with Crippen LogP contribution in [0.25, 0.3) is 16.8 Å². The van der Waals surface area contributed by atoms with E-state index >= 15 is 0 Å². The molecule has 36 heavy (non-hydrogen) atoms. The molecule has 3 aromatic heterocycles. The van der Waals surface area contributed by atoms with Crippen molar-refractivity contribution in [3.63, 3.8) is 0 Å². The molecule has 0 spiro atoms. The number of fused-ring (bicyclic) bond motifs is 1. The number of rotatable bonds is 8. The molecule has 0 saturated carbocycles. The Balaban J connectivity index is 1.40. The number of halogens is 1. The Kier molecular flexibility index (Phi) is 6.97. The molecule has 1 aromatic carbocycles. The van der Waals surface area contributed by atoms with E-state index in [1.54, 1.807) is 31.1 Å². The zero-order valence-corrected chi connectivity index (χ0v) is 20.3. The maximum atomic E-state index is 14.9. The largest absolute Gasteiger partial charge is 0.495 e. The number of methoxy groups -OCH3 is 2. The maximum absolute atomic E-state index is 14.9. The number of likely N-dealkylation sites (tertiary alicyclic amines) is 1. The Morgan fingerprint density at radius 1 is 1.14 bits per heavy atom. The van der Waals surface area contributed by atoms with E-state index in [4.69, 9.17) is 14.6 Å². The van der Waals surface area contributed by atoms with Crippen LogP contribution in [0.1, 0.15) is 17.9 Å². The predicted molar refractivity (Wildman–Crippen MR) is 135 cm³/mol. The summed E-state index contributed by atoms with van der Waals surface area (Å²) in [5, 5.41) is 17.1. The van der Waals surface area contributed by atoms with Crippen molar-refractivity contribution in [1.82, 2.24) is 24.5 Å². The number of nitrogens with one attached hydrogen (secondary N) is 1. The molecule has 1 aliphatic rings. The monoisotopic (exact) mass is 492 g/mol. The highest BCUT2D eigenvalue weighted by atomic mass is 19.1. The summed E-state index contributed by atoms with van der Waals surface area (Å²) in [7, 11) is 3.17. The van der Waals surface area contributed by atoms with Crippen LogP contribution < -0.4 is 14.8 Å². The van der Waals surface area contributed by atoms with E-state index in [0.29, 0.717) is 42.8 Å². The van der Waals surface area contributed by atoms with Gasteiger partial charge >= 0.3 is 0 Å². The molecular weight excluding hydrogens is 463 g/mol. The molecule has 1 aliphatic heterocycles. The zero-order chi connectivity index (χ0) is 25.1. The molecule has 1 saturated heterocycles. The second kappa shape index (κ2) is 10.5. The molecule has 4 heterocycles. The van der Waals surface area contributed by atoms with Crippen LogP contribution in [0.3, 0.4) is 0 Å². The third-order valence-electron chi connectivity index (χ3n) is 6.58. The predicted octanol–water partition coefficient (Wildman–Crippen LogP) is 3.67. The minimum absolute atomic E-state index is 0.0414. The van der Waals surface area contributed by atoms with E-state index in [2.05, 4.69) is 20.4 Å². The van der Waals surface area contributed by atoms with E-state index in [1.165, 1.54) is 0 Å². The van der Waals surface area contributed by atoms with Gasteiger partial charge in [-0.1, -0.05) is 6.07 Å². The average Bonchev–Trinajstić information content (AvgIpc) is 3.32. The van der Waals surface area contributed by atoms with Gasteiger partial charge in [-0.25, -0.2) is 18.9 Å². The zero-order valence-electron chi connectivity index (χ0n) is 20.3. The van der Waals surface area contributed by atoms with Crippen LogP contribution in [0.15, 0.2) is 54.9 Å². The number of alkyl halides is 1. The summed E-state index contributed by atoms with van der Waals surface area (Å²) < 4.78 is 27.7. The fraction of sp³-hybridized carbons (Fsp3) is 0.346. The third kappa shape index (κ3) is 4.69. The minimum Gasteiger partial charge on any atom is -0.495 e. The molecule has 0 aliphatic carbocycles. The smallest absolute Gasteiger partial charge is 0.245 e. The van der Waals surface area contributed by atoms with Gasteiger partial charge in [-0.15, -0.1) is 5.10 Å². The molecule has 10 heteroatoms. The second-order valence-electron chi connectivity index (χ2n) is 8.72. The van der Waals surface area contributed by atoms with Crippen molar-refractivity contribution in [1.29, 1.82) is 0 Å². The molecule has 2 N–H and O–H groups in total. The lowest BCUT2D eigenvalue weighted by Gasteiger charge is -2.34. The van der Waals surface area contributed by atoms with Crippen LogP contribution in [-0.4, -0.2) is 76.2 Å². The van der Waals surface area contributed by atoms with Crippen molar-refractivity contribution in [3.05, 3.63) is 60.4 Å². The van der Waals surface area contributed by atoms with E-state index in [0.717, 1.165) is 28.9 Å². The number of nitrogens with zero attached hydrogens (tertiary/aromatic N) is 5. The van der Waals surface area contributed by atoms with Crippen LogP contribution in [0.4, 0.5) is 16.0 Å². The Hall–Kier alpha value is -3.76. The first-order valence-electron chi connectivity index (χ1n) is 11.9. The number of benzene rings is 1. The van der Waals surface area contributed by atoms with Crippen LogP contribution in [-0.2, 0) is 0 Å². The van der Waals surface area contributed by atoms with Gasteiger partial charge in [0.15, 0.2) is 0 Å². The molecule has 2 unspecified atom stereocenters. The average molecular weight is 493 g/mol. The maximum Gasteiger partial charge on any atom is 0.245 e. The fourth-order valence-electron chi connectivity index (χ4n) is 4.76. The van der Waals surface area contributed by atoms with Crippen molar-refractivity contribution in [3.8, 4) is 22.9 Å². The molecule has 1 fully saturated rings. The van der Waals surface area contributed by atoms with Gasteiger partial charge in [0.2, 0.25) is 11.8 Å². The van der Waals surface area contributed by atoms with Crippen LogP contribution in [0, 0.1) is 0 Å². The summed E-state index contributed by atoms with van der Waals surface area (Å²) >= 11 is 0. The highest BCUT2D eigenvalue weighted by Crippen LogP contribution is 2.36. The molecule has 188 valence electrons. The number of aromatic nitrogens is 4. The van der Waals surface area contributed by atoms with E-state index in [-0.39, 0.29) is 12.5 Å². The van der Waals surface area contributed by atoms with Crippen molar-refractivity contribution >= 4 is 17.2 Å². The lowest BCUT2D eigenvalue weighted by molar-refractivity contribution is 0.0995. The number of piperidine rings is 1. The van der Waals surface area contributed by atoms with Crippen molar-refractivity contribution in [2.45, 2.75) is 18.5 Å². The third-order valence-corrected chi connectivity index (χ3v) is 6.58. The van der Waals surface area contributed by atoms with Crippen LogP contribution in [0.5, 0.6) is 11.6 Å². The molecule has 2 atom stereocenters. The van der Waals surface area contributed by atoms with Gasteiger partial charge in [-0.2, -0.15) is 0 Å². The van der Waals surface area contributed by atoms with E-state index in [9.17, 15) is 4.39 Å². The van der Waals surface area contributed by atoms with Gasteiger partial charge in [0, 0.05) is 25.2 Å². The van der Waals surface area contributed by atoms with Crippen molar-refractivity contribution in [2.75, 3.05) is 45.8 Å². The summed E-state index contributed by atoms with van der Waals surface area (Å²) in [5.74, 6) is 1.26. The SMILES string of the molecule is COc1cc(C2CCN(CCO)CC2F)ccc1Nc1ncc2ccc(-c3cccnc3OC)n2n1. The van der Waals surface area contributed by atoms with Crippen LogP contribution in [0.2, 0.25) is 0 Å².